The van der Waals surface area contributed by atoms with Gasteiger partial charge in [-0.25, -0.2) is 14.9 Å². The van der Waals surface area contributed by atoms with Crippen molar-refractivity contribution in [1.29, 1.82) is 0 Å². The van der Waals surface area contributed by atoms with Crippen LogP contribution >= 0.6 is 0 Å². The SMILES string of the molecule is CC1CCN(C(=O)c2ccc(N3C(=O)c4cncnc4C3=O)cc2)CC1. The molecule has 1 aromatic carbocycles. The maximum absolute atomic E-state index is 12.6. The molecule has 132 valence electrons. The number of imide groups is 1. The first-order valence-corrected chi connectivity index (χ1v) is 8.64. The van der Waals surface area contributed by atoms with Crippen LogP contribution in [0.3, 0.4) is 0 Å². The van der Waals surface area contributed by atoms with Gasteiger partial charge in [-0.3, -0.25) is 14.4 Å². The van der Waals surface area contributed by atoms with Crippen LogP contribution in [0, 0.1) is 5.92 Å². The Morgan fingerprint density at radius 1 is 1.08 bits per heavy atom. The van der Waals surface area contributed by atoms with E-state index in [0.29, 0.717) is 17.2 Å². The lowest BCUT2D eigenvalue weighted by atomic mass is 9.98. The van der Waals surface area contributed by atoms with E-state index in [1.165, 1.54) is 12.5 Å². The van der Waals surface area contributed by atoms with Crippen LogP contribution in [0.1, 0.15) is 51.0 Å². The van der Waals surface area contributed by atoms with Gasteiger partial charge >= 0.3 is 0 Å². The minimum Gasteiger partial charge on any atom is -0.339 e. The molecule has 2 aliphatic heterocycles. The standard InChI is InChI=1S/C19H18N4O3/c1-12-6-8-22(9-7-12)17(24)13-2-4-14(5-3-13)23-18(25)15-10-20-11-21-16(15)19(23)26/h2-5,10-12H,6-9H2,1H3. The van der Waals surface area contributed by atoms with Crippen molar-refractivity contribution in [2.75, 3.05) is 18.0 Å². The summed E-state index contributed by atoms with van der Waals surface area (Å²) in [6.07, 6.45) is 4.62. The summed E-state index contributed by atoms with van der Waals surface area (Å²) in [6.45, 7) is 3.72. The van der Waals surface area contributed by atoms with Gasteiger partial charge in [-0.05, 0) is 43.0 Å². The van der Waals surface area contributed by atoms with Crippen LogP contribution in [0.15, 0.2) is 36.8 Å². The predicted octanol–water partition coefficient (Wildman–Crippen LogP) is 2.15. The number of rotatable bonds is 2. The first-order chi connectivity index (χ1) is 12.6. The van der Waals surface area contributed by atoms with Crippen LogP contribution in [-0.2, 0) is 0 Å². The van der Waals surface area contributed by atoms with Gasteiger partial charge in [0.15, 0.2) is 0 Å². The molecule has 1 fully saturated rings. The van der Waals surface area contributed by atoms with Gasteiger partial charge in [0.1, 0.15) is 12.0 Å². The van der Waals surface area contributed by atoms with E-state index in [4.69, 9.17) is 0 Å². The van der Waals surface area contributed by atoms with Gasteiger partial charge in [0.25, 0.3) is 17.7 Å². The normalized spacial score (nSPS) is 17.6. The lowest BCUT2D eigenvalue weighted by Crippen LogP contribution is -2.37. The van der Waals surface area contributed by atoms with Crippen LogP contribution in [0.2, 0.25) is 0 Å². The monoisotopic (exact) mass is 350 g/mol. The lowest BCUT2D eigenvalue weighted by molar-refractivity contribution is 0.0697. The number of likely N-dealkylation sites (tertiary alicyclic amines) is 1. The molecule has 7 heteroatoms. The van der Waals surface area contributed by atoms with Gasteiger partial charge in [0.2, 0.25) is 0 Å². The first-order valence-electron chi connectivity index (χ1n) is 8.64. The van der Waals surface area contributed by atoms with Gasteiger partial charge in [-0.2, -0.15) is 0 Å². The van der Waals surface area contributed by atoms with E-state index in [9.17, 15) is 14.4 Å². The Morgan fingerprint density at radius 3 is 2.42 bits per heavy atom. The van der Waals surface area contributed by atoms with Crippen LogP contribution in [0.25, 0.3) is 0 Å². The number of benzene rings is 1. The molecule has 0 saturated carbocycles. The molecule has 0 spiro atoms. The molecule has 26 heavy (non-hydrogen) atoms. The second kappa shape index (κ2) is 6.33. The van der Waals surface area contributed by atoms with Crippen molar-refractivity contribution in [3.63, 3.8) is 0 Å². The number of anilines is 1. The molecule has 0 N–H and O–H groups in total. The summed E-state index contributed by atoms with van der Waals surface area (Å²) in [4.78, 5) is 48.1. The summed E-state index contributed by atoms with van der Waals surface area (Å²) >= 11 is 0. The van der Waals surface area contributed by atoms with E-state index in [-0.39, 0.29) is 17.2 Å². The second-order valence-corrected chi connectivity index (χ2v) is 6.75. The number of piperidine rings is 1. The van der Waals surface area contributed by atoms with Crippen LogP contribution in [0.5, 0.6) is 0 Å². The zero-order chi connectivity index (χ0) is 18.3. The number of aromatic nitrogens is 2. The van der Waals surface area contributed by atoms with Crippen molar-refractivity contribution in [2.45, 2.75) is 19.8 Å². The van der Waals surface area contributed by atoms with Crippen LogP contribution in [0.4, 0.5) is 5.69 Å². The van der Waals surface area contributed by atoms with E-state index >= 15 is 0 Å². The van der Waals surface area contributed by atoms with Crippen molar-refractivity contribution >= 4 is 23.4 Å². The molecule has 0 unspecified atom stereocenters. The van der Waals surface area contributed by atoms with E-state index in [1.807, 2.05) is 4.90 Å². The van der Waals surface area contributed by atoms with Crippen molar-refractivity contribution in [3.8, 4) is 0 Å². The lowest BCUT2D eigenvalue weighted by Gasteiger charge is -2.30. The predicted molar refractivity (Wildman–Crippen MR) is 93.9 cm³/mol. The molecule has 1 aromatic heterocycles. The Balaban J connectivity index is 1.55. The molecule has 0 radical (unpaired) electrons. The summed E-state index contributed by atoms with van der Waals surface area (Å²) in [6, 6.07) is 6.56. The smallest absolute Gasteiger partial charge is 0.284 e. The fraction of sp³-hybridized carbons (Fsp3) is 0.316. The number of carbonyl (C=O) groups excluding carboxylic acids is 3. The Morgan fingerprint density at radius 2 is 1.77 bits per heavy atom. The molecule has 0 bridgehead atoms. The highest BCUT2D eigenvalue weighted by molar-refractivity contribution is 6.33. The van der Waals surface area contributed by atoms with E-state index < -0.39 is 11.8 Å². The number of fused-ring (bicyclic) bond motifs is 1. The fourth-order valence-electron chi connectivity index (χ4n) is 3.36. The average Bonchev–Trinajstić information content (AvgIpc) is 2.93. The summed E-state index contributed by atoms with van der Waals surface area (Å²) in [7, 11) is 0. The van der Waals surface area contributed by atoms with E-state index in [1.54, 1.807) is 24.3 Å². The highest BCUT2D eigenvalue weighted by Crippen LogP contribution is 2.27. The maximum atomic E-state index is 12.6. The fourth-order valence-corrected chi connectivity index (χ4v) is 3.36. The van der Waals surface area contributed by atoms with Gasteiger partial charge in [0.05, 0.1) is 11.3 Å². The van der Waals surface area contributed by atoms with Crippen molar-refractivity contribution in [2.24, 2.45) is 5.92 Å². The Hall–Kier alpha value is -3.09. The highest BCUT2D eigenvalue weighted by atomic mass is 16.2. The Kier molecular flexibility index (Phi) is 3.99. The molecule has 7 nitrogen and oxygen atoms in total. The van der Waals surface area contributed by atoms with E-state index in [0.717, 1.165) is 30.8 Å². The van der Waals surface area contributed by atoms with Crippen LogP contribution in [-0.4, -0.2) is 45.7 Å². The summed E-state index contributed by atoms with van der Waals surface area (Å²) in [5, 5.41) is 0. The third-order valence-electron chi connectivity index (χ3n) is 4.99. The first kappa shape index (κ1) is 16.4. The maximum Gasteiger partial charge on any atom is 0.284 e. The number of hydrogen-bond acceptors (Lipinski definition) is 5. The molecule has 0 atom stereocenters. The molecule has 1 saturated heterocycles. The Labute approximate surface area is 150 Å². The van der Waals surface area contributed by atoms with Gasteiger partial charge in [-0.15, -0.1) is 0 Å². The third-order valence-corrected chi connectivity index (χ3v) is 4.99. The molecule has 0 aliphatic carbocycles. The quantitative estimate of drug-likeness (QED) is 0.775. The van der Waals surface area contributed by atoms with Crippen molar-refractivity contribution in [3.05, 3.63) is 53.6 Å². The zero-order valence-corrected chi connectivity index (χ0v) is 14.4. The largest absolute Gasteiger partial charge is 0.339 e. The zero-order valence-electron chi connectivity index (χ0n) is 14.4. The minimum atomic E-state index is -0.475. The second-order valence-electron chi connectivity index (χ2n) is 6.75. The number of carbonyl (C=O) groups is 3. The Bertz CT molecular complexity index is 851. The third kappa shape index (κ3) is 2.65. The topological polar surface area (TPSA) is 83.5 Å². The number of hydrogen-bond donors (Lipinski definition) is 0. The van der Waals surface area contributed by atoms with Crippen molar-refractivity contribution < 1.29 is 14.4 Å². The van der Waals surface area contributed by atoms with Crippen LogP contribution < -0.4 is 4.90 Å². The number of amides is 3. The average molecular weight is 350 g/mol. The minimum absolute atomic E-state index is 0.0170. The molecule has 3 heterocycles. The number of nitrogens with zero attached hydrogens (tertiary/aromatic N) is 4. The molecule has 4 rings (SSSR count). The summed E-state index contributed by atoms with van der Waals surface area (Å²) in [5.41, 5.74) is 1.27. The van der Waals surface area contributed by atoms with Gasteiger partial charge < -0.3 is 4.90 Å². The molecule has 2 aromatic rings. The van der Waals surface area contributed by atoms with Gasteiger partial charge in [0, 0.05) is 24.8 Å². The molecular formula is C19H18N4O3. The van der Waals surface area contributed by atoms with Crippen molar-refractivity contribution in [1.82, 2.24) is 14.9 Å². The summed E-state index contributed by atoms with van der Waals surface area (Å²) in [5.74, 6) is -0.291. The van der Waals surface area contributed by atoms with E-state index in [2.05, 4.69) is 16.9 Å². The molecule has 2 aliphatic rings. The highest BCUT2D eigenvalue weighted by Gasteiger charge is 2.38. The summed E-state index contributed by atoms with van der Waals surface area (Å²) < 4.78 is 0. The molecule has 3 amide bonds. The van der Waals surface area contributed by atoms with Gasteiger partial charge in [-0.1, -0.05) is 6.92 Å². The molecular weight excluding hydrogens is 332 g/mol.